The number of rotatable bonds is 3. The summed E-state index contributed by atoms with van der Waals surface area (Å²) < 4.78 is 0. The van der Waals surface area contributed by atoms with Gasteiger partial charge < -0.3 is 0 Å². The lowest BCUT2D eigenvalue weighted by atomic mass is 9.93. The van der Waals surface area contributed by atoms with Crippen molar-refractivity contribution in [2.45, 2.75) is 7.43 Å². The van der Waals surface area contributed by atoms with Gasteiger partial charge in [0.25, 0.3) is 0 Å². The molecule has 0 radical (unpaired) electrons. The fourth-order valence-electron chi connectivity index (χ4n) is 6.84. The molecule has 0 amide bonds. The topological polar surface area (TPSA) is 0 Å². The first-order valence-electron chi connectivity index (χ1n) is 15.2. The second-order valence-corrected chi connectivity index (χ2v) is 11.8. The standard InChI is InChI=1S/C44H28.CH4/c1-2-7-34-25-35(17-13-29(34)5-1)30-9-11-31(12-10-30)36-21-23-42-39(26-36)19-20-40-27-37(22-24-43(40)42)38-18-16-33-15-14-32-6-3-4-8-41(32)44(33)28-38;/h1-28H;1H4. The predicted octanol–water partition coefficient (Wildman–Crippen LogP) is 13.1. The second-order valence-electron chi connectivity index (χ2n) is 11.8. The average molecular weight is 573 g/mol. The molecule has 0 saturated carbocycles. The molecule has 0 aliphatic heterocycles. The molecule has 0 aliphatic rings. The lowest BCUT2D eigenvalue weighted by Crippen LogP contribution is -1.85. The monoisotopic (exact) mass is 572 g/mol. The number of hydrogen-bond acceptors (Lipinski definition) is 0. The maximum absolute atomic E-state index is 2.34. The van der Waals surface area contributed by atoms with Gasteiger partial charge in [-0.15, -0.1) is 0 Å². The zero-order chi connectivity index (χ0) is 29.0. The first-order chi connectivity index (χ1) is 21.8. The van der Waals surface area contributed by atoms with Gasteiger partial charge >= 0.3 is 0 Å². The fraction of sp³-hybridized carbons (Fsp3) is 0.0222. The quantitative estimate of drug-likeness (QED) is 0.185. The second kappa shape index (κ2) is 10.8. The van der Waals surface area contributed by atoms with Crippen LogP contribution in [-0.4, -0.2) is 0 Å². The van der Waals surface area contributed by atoms with Crippen molar-refractivity contribution in [2.75, 3.05) is 0 Å². The Balaban J connectivity index is 0.00000300. The molecule has 0 N–H and O–H groups in total. The molecule has 0 aliphatic carbocycles. The normalized spacial score (nSPS) is 11.4. The van der Waals surface area contributed by atoms with Crippen LogP contribution in [-0.2, 0) is 0 Å². The van der Waals surface area contributed by atoms with E-state index < -0.39 is 0 Å². The van der Waals surface area contributed by atoms with Crippen LogP contribution in [0.2, 0.25) is 0 Å². The van der Waals surface area contributed by atoms with Gasteiger partial charge in [0.15, 0.2) is 0 Å². The van der Waals surface area contributed by atoms with Gasteiger partial charge in [-0.05, 0) is 112 Å². The summed E-state index contributed by atoms with van der Waals surface area (Å²) >= 11 is 0. The number of fused-ring (bicyclic) bond motifs is 7. The Labute approximate surface area is 263 Å². The molecular weight excluding hydrogens is 540 g/mol. The van der Waals surface area contributed by atoms with Gasteiger partial charge in [0.2, 0.25) is 0 Å². The molecule has 0 heterocycles. The molecule has 9 aromatic rings. The molecule has 0 unspecified atom stereocenters. The molecule has 0 nitrogen and oxygen atoms in total. The molecule has 0 atom stereocenters. The van der Waals surface area contributed by atoms with Gasteiger partial charge in [-0.25, -0.2) is 0 Å². The van der Waals surface area contributed by atoms with Crippen molar-refractivity contribution in [3.63, 3.8) is 0 Å². The van der Waals surface area contributed by atoms with Crippen molar-refractivity contribution in [3.8, 4) is 33.4 Å². The largest absolute Gasteiger partial charge is 0.0776 e. The Kier molecular flexibility index (Phi) is 6.43. The molecule has 0 spiro atoms. The minimum atomic E-state index is 0. The molecular formula is C45H32. The summed E-state index contributed by atoms with van der Waals surface area (Å²) in [7, 11) is 0. The number of hydrogen-bond donors (Lipinski definition) is 0. The van der Waals surface area contributed by atoms with Crippen LogP contribution >= 0.6 is 0 Å². The molecule has 0 fully saturated rings. The van der Waals surface area contributed by atoms with E-state index in [1.165, 1.54) is 87.2 Å². The Morgan fingerprint density at radius 2 is 0.556 bits per heavy atom. The molecule has 9 rings (SSSR count). The fourth-order valence-corrected chi connectivity index (χ4v) is 6.84. The van der Waals surface area contributed by atoms with Crippen molar-refractivity contribution in [3.05, 3.63) is 170 Å². The average Bonchev–Trinajstić information content (AvgIpc) is 3.10. The molecule has 45 heavy (non-hydrogen) atoms. The summed E-state index contributed by atoms with van der Waals surface area (Å²) in [4.78, 5) is 0. The van der Waals surface area contributed by atoms with Gasteiger partial charge in [0, 0.05) is 0 Å². The van der Waals surface area contributed by atoms with Gasteiger partial charge in [-0.2, -0.15) is 0 Å². The van der Waals surface area contributed by atoms with E-state index in [0.717, 1.165) is 0 Å². The lowest BCUT2D eigenvalue weighted by molar-refractivity contribution is 1.62. The lowest BCUT2D eigenvalue weighted by Gasteiger charge is -2.11. The third-order valence-electron chi connectivity index (χ3n) is 9.22. The third kappa shape index (κ3) is 4.63. The maximum atomic E-state index is 2.34. The summed E-state index contributed by atoms with van der Waals surface area (Å²) in [6.45, 7) is 0. The summed E-state index contributed by atoms with van der Waals surface area (Å²) in [5.41, 5.74) is 7.45. The van der Waals surface area contributed by atoms with Gasteiger partial charge in [0.05, 0.1) is 0 Å². The van der Waals surface area contributed by atoms with Crippen LogP contribution in [0.25, 0.3) is 87.2 Å². The van der Waals surface area contributed by atoms with Gasteiger partial charge in [-0.1, -0.05) is 153 Å². The first-order valence-corrected chi connectivity index (χ1v) is 15.2. The van der Waals surface area contributed by atoms with Crippen LogP contribution in [0.4, 0.5) is 0 Å². The highest BCUT2D eigenvalue weighted by Crippen LogP contribution is 2.35. The van der Waals surface area contributed by atoms with Crippen LogP contribution < -0.4 is 0 Å². The Bertz CT molecular complexity index is 2530. The molecule has 0 heteroatoms. The summed E-state index contributed by atoms with van der Waals surface area (Å²) in [6.07, 6.45) is 0. The van der Waals surface area contributed by atoms with E-state index >= 15 is 0 Å². The SMILES string of the molecule is C.c1ccc2cc(-c3ccc(-c4ccc5c(ccc6cc(-c7ccc8ccc9ccccc9c8c7)ccc65)c4)cc3)ccc2c1. The first kappa shape index (κ1) is 26.9. The zero-order valence-corrected chi connectivity index (χ0v) is 24.2. The summed E-state index contributed by atoms with van der Waals surface area (Å²) in [6, 6.07) is 62.4. The van der Waals surface area contributed by atoms with Gasteiger partial charge in [-0.3, -0.25) is 0 Å². The summed E-state index contributed by atoms with van der Waals surface area (Å²) in [5.74, 6) is 0. The van der Waals surface area contributed by atoms with Crippen LogP contribution in [0, 0.1) is 0 Å². The van der Waals surface area contributed by atoms with E-state index in [1.54, 1.807) is 0 Å². The van der Waals surface area contributed by atoms with Crippen LogP contribution in [0.5, 0.6) is 0 Å². The minimum Gasteiger partial charge on any atom is -0.0776 e. The van der Waals surface area contributed by atoms with E-state index in [-0.39, 0.29) is 7.43 Å². The Morgan fingerprint density at radius 1 is 0.200 bits per heavy atom. The van der Waals surface area contributed by atoms with E-state index in [4.69, 9.17) is 0 Å². The van der Waals surface area contributed by atoms with E-state index in [9.17, 15) is 0 Å². The van der Waals surface area contributed by atoms with Crippen LogP contribution in [0.15, 0.2) is 170 Å². The minimum absolute atomic E-state index is 0. The smallest absolute Gasteiger partial charge is 0.00992 e. The van der Waals surface area contributed by atoms with E-state index in [2.05, 4.69) is 170 Å². The Hall–Kier alpha value is -5.72. The predicted molar refractivity (Wildman–Crippen MR) is 197 cm³/mol. The van der Waals surface area contributed by atoms with Crippen molar-refractivity contribution in [1.82, 2.24) is 0 Å². The molecule has 9 aromatic carbocycles. The molecule has 0 saturated heterocycles. The van der Waals surface area contributed by atoms with E-state index in [1.807, 2.05) is 0 Å². The van der Waals surface area contributed by atoms with Crippen LogP contribution in [0.3, 0.4) is 0 Å². The molecule has 0 bridgehead atoms. The van der Waals surface area contributed by atoms with Crippen molar-refractivity contribution < 1.29 is 0 Å². The molecule has 212 valence electrons. The van der Waals surface area contributed by atoms with Crippen molar-refractivity contribution in [2.24, 2.45) is 0 Å². The van der Waals surface area contributed by atoms with Crippen LogP contribution in [0.1, 0.15) is 7.43 Å². The number of benzene rings is 9. The highest BCUT2D eigenvalue weighted by molar-refractivity contribution is 6.11. The Morgan fingerprint density at radius 3 is 1.20 bits per heavy atom. The maximum Gasteiger partial charge on any atom is -0.00992 e. The highest BCUT2D eigenvalue weighted by Gasteiger charge is 2.08. The van der Waals surface area contributed by atoms with E-state index in [0.29, 0.717) is 0 Å². The zero-order valence-electron chi connectivity index (χ0n) is 24.2. The van der Waals surface area contributed by atoms with Gasteiger partial charge in [0.1, 0.15) is 0 Å². The third-order valence-corrected chi connectivity index (χ3v) is 9.22. The molecule has 0 aromatic heterocycles. The summed E-state index contributed by atoms with van der Waals surface area (Å²) in [5, 5.41) is 12.8. The highest BCUT2D eigenvalue weighted by atomic mass is 14.1. The van der Waals surface area contributed by atoms with Crippen molar-refractivity contribution >= 4 is 53.9 Å². The van der Waals surface area contributed by atoms with Crippen molar-refractivity contribution in [1.29, 1.82) is 0 Å².